The third-order valence-electron chi connectivity index (χ3n) is 3.25. The van der Waals surface area contributed by atoms with E-state index in [9.17, 15) is 9.59 Å². The van der Waals surface area contributed by atoms with Crippen LogP contribution in [0, 0.1) is 0 Å². The van der Waals surface area contributed by atoms with Gasteiger partial charge in [0.2, 0.25) is 5.91 Å². The van der Waals surface area contributed by atoms with E-state index in [2.05, 4.69) is 15.4 Å². The predicted molar refractivity (Wildman–Crippen MR) is 85.3 cm³/mol. The average Bonchev–Trinajstić information content (AvgIpc) is 3.09. The van der Waals surface area contributed by atoms with E-state index in [0.29, 0.717) is 38.3 Å². The second-order valence-electron chi connectivity index (χ2n) is 5.17. The van der Waals surface area contributed by atoms with E-state index >= 15 is 0 Å². The molecule has 0 aliphatic heterocycles. The summed E-state index contributed by atoms with van der Waals surface area (Å²) < 4.78 is 7.06. The van der Waals surface area contributed by atoms with Crippen LogP contribution >= 0.6 is 0 Å². The second-order valence-corrected chi connectivity index (χ2v) is 5.17. The Morgan fingerprint density at radius 1 is 1.21 bits per heavy atom. The highest BCUT2D eigenvalue weighted by Gasteiger charge is 2.03. The standard InChI is InChI=1S/C16H20N4O4/c21-15(7-8-20-12-17-11-19-20)18-10-13-3-5-14(6-4-13)24-9-1-2-16(22)23/h3-6,11-12H,1-2,7-10H2,(H,18,21)(H,22,23). The highest BCUT2D eigenvalue weighted by atomic mass is 16.5. The van der Waals surface area contributed by atoms with Crippen molar-refractivity contribution in [3.63, 3.8) is 0 Å². The van der Waals surface area contributed by atoms with Gasteiger partial charge in [-0.2, -0.15) is 5.10 Å². The Morgan fingerprint density at radius 2 is 2.00 bits per heavy atom. The van der Waals surface area contributed by atoms with Crippen molar-refractivity contribution in [1.29, 1.82) is 0 Å². The largest absolute Gasteiger partial charge is 0.494 e. The van der Waals surface area contributed by atoms with Crippen LogP contribution in [0.3, 0.4) is 0 Å². The number of hydrogen-bond acceptors (Lipinski definition) is 5. The van der Waals surface area contributed by atoms with E-state index in [1.165, 1.54) is 6.33 Å². The third-order valence-corrected chi connectivity index (χ3v) is 3.25. The molecule has 0 saturated carbocycles. The Morgan fingerprint density at radius 3 is 2.67 bits per heavy atom. The van der Waals surface area contributed by atoms with E-state index < -0.39 is 5.97 Å². The molecule has 2 N–H and O–H groups in total. The van der Waals surface area contributed by atoms with Gasteiger partial charge in [-0.05, 0) is 24.1 Å². The van der Waals surface area contributed by atoms with Crippen molar-refractivity contribution >= 4 is 11.9 Å². The summed E-state index contributed by atoms with van der Waals surface area (Å²) in [5.41, 5.74) is 0.960. The van der Waals surface area contributed by atoms with Crippen molar-refractivity contribution in [2.45, 2.75) is 32.4 Å². The van der Waals surface area contributed by atoms with Crippen molar-refractivity contribution in [2.75, 3.05) is 6.61 Å². The van der Waals surface area contributed by atoms with Crippen LogP contribution in [-0.2, 0) is 22.7 Å². The fourth-order valence-electron chi connectivity index (χ4n) is 1.97. The number of nitrogens with zero attached hydrogens (tertiary/aromatic N) is 3. The van der Waals surface area contributed by atoms with Crippen LogP contribution in [0.2, 0.25) is 0 Å². The Kier molecular flexibility index (Phi) is 6.75. The number of aromatic nitrogens is 3. The lowest BCUT2D eigenvalue weighted by molar-refractivity contribution is -0.137. The molecule has 0 bridgehead atoms. The molecule has 0 unspecified atom stereocenters. The molecule has 0 spiro atoms. The molecule has 0 atom stereocenters. The van der Waals surface area contributed by atoms with Gasteiger partial charge in [-0.25, -0.2) is 4.98 Å². The minimum absolute atomic E-state index is 0.0560. The predicted octanol–water partition coefficient (Wildman–Crippen LogP) is 1.23. The van der Waals surface area contributed by atoms with Crippen molar-refractivity contribution in [1.82, 2.24) is 20.1 Å². The summed E-state index contributed by atoms with van der Waals surface area (Å²) in [6.45, 7) is 1.30. The van der Waals surface area contributed by atoms with E-state index in [4.69, 9.17) is 9.84 Å². The minimum atomic E-state index is -0.825. The molecule has 1 amide bonds. The Labute approximate surface area is 139 Å². The molecule has 0 aliphatic rings. The molecule has 8 nitrogen and oxygen atoms in total. The average molecular weight is 332 g/mol. The molecule has 1 heterocycles. The van der Waals surface area contributed by atoms with Crippen molar-refractivity contribution in [2.24, 2.45) is 0 Å². The van der Waals surface area contributed by atoms with E-state index in [0.717, 1.165) is 5.56 Å². The van der Waals surface area contributed by atoms with Gasteiger partial charge in [0.25, 0.3) is 0 Å². The van der Waals surface area contributed by atoms with E-state index in [1.54, 1.807) is 23.1 Å². The maximum atomic E-state index is 11.8. The molecular formula is C16H20N4O4. The Balaban J connectivity index is 1.65. The molecule has 2 aromatic rings. The number of benzene rings is 1. The number of aliphatic carboxylic acids is 1. The smallest absolute Gasteiger partial charge is 0.303 e. The molecule has 1 aromatic carbocycles. The van der Waals surface area contributed by atoms with Gasteiger partial charge in [0, 0.05) is 19.4 Å². The number of amides is 1. The lowest BCUT2D eigenvalue weighted by atomic mass is 10.2. The van der Waals surface area contributed by atoms with Crippen molar-refractivity contribution < 1.29 is 19.4 Å². The summed E-state index contributed by atoms with van der Waals surface area (Å²) in [7, 11) is 0. The zero-order chi connectivity index (χ0) is 17.2. The monoisotopic (exact) mass is 332 g/mol. The van der Waals surface area contributed by atoms with Crippen molar-refractivity contribution in [3.05, 3.63) is 42.5 Å². The van der Waals surface area contributed by atoms with Gasteiger partial charge >= 0.3 is 5.97 Å². The summed E-state index contributed by atoms with van der Waals surface area (Å²) >= 11 is 0. The number of carbonyl (C=O) groups is 2. The number of carboxylic acid groups (broad SMARTS) is 1. The highest BCUT2D eigenvalue weighted by Crippen LogP contribution is 2.12. The maximum Gasteiger partial charge on any atom is 0.303 e. The van der Waals surface area contributed by atoms with Crippen LogP contribution < -0.4 is 10.1 Å². The number of rotatable bonds is 10. The first-order chi connectivity index (χ1) is 11.6. The third kappa shape index (κ3) is 6.47. The summed E-state index contributed by atoms with van der Waals surface area (Å²) in [4.78, 5) is 26.0. The summed E-state index contributed by atoms with van der Waals surface area (Å²) in [6, 6.07) is 7.34. The van der Waals surface area contributed by atoms with Crippen LogP contribution in [0.15, 0.2) is 36.9 Å². The topological polar surface area (TPSA) is 106 Å². The molecule has 2 rings (SSSR count). The molecule has 24 heavy (non-hydrogen) atoms. The molecule has 1 aromatic heterocycles. The van der Waals surface area contributed by atoms with Crippen molar-refractivity contribution in [3.8, 4) is 5.75 Å². The van der Waals surface area contributed by atoms with E-state index in [1.807, 2.05) is 12.1 Å². The number of nitrogens with one attached hydrogen (secondary N) is 1. The second kappa shape index (κ2) is 9.29. The quantitative estimate of drug-likeness (QED) is 0.634. The molecule has 0 aliphatic carbocycles. The first-order valence-corrected chi connectivity index (χ1v) is 7.66. The molecule has 0 radical (unpaired) electrons. The van der Waals surface area contributed by atoms with Gasteiger partial charge in [0.1, 0.15) is 18.4 Å². The zero-order valence-corrected chi connectivity index (χ0v) is 13.2. The Bertz CT molecular complexity index is 641. The molecule has 0 saturated heterocycles. The SMILES string of the molecule is O=C(O)CCCOc1ccc(CNC(=O)CCn2cncn2)cc1. The van der Waals surface area contributed by atoms with Gasteiger partial charge in [0.15, 0.2) is 0 Å². The normalized spacial score (nSPS) is 10.3. The lowest BCUT2D eigenvalue weighted by Gasteiger charge is -2.08. The van der Waals surface area contributed by atoms with Crippen LogP contribution in [0.1, 0.15) is 24.8 Å². The minimum Gasteiger partial charge on any atom is -0.494 e. The molecule has 0 fully saturated rings. The van der Waals surface area contributed by atoms with Gasteiger partial charge in [-0.1, -0.05) is 12.1 Å². The molecule has 8 heteroatoms. The fraction of sp³-hybridized carbons (Fsp3) is 0.375. The van der Waals surface area contributed by atoms with Crippen LogP contribution in [0.5, 0.6) is 5.75 Å². The van der Waals surface area contributed by atoms with Crippen LogP contribution in [0.25, 0.3) is 0 Å². The molecule has 128 valence electrons. The Hall–Kier alpha value is -2.90. The maximum absolute atomic E-state index is 11.8. The van der Waals surface area contributed by atoms with Gasteiger partial charge in [0.05, 0.1) is 13.2 Å². The first kappa shape index (κ1) is 17.5. The number of aryl methyl sites for hydroxylation is 1. The zero-order valence-electron chi connectivity index (χ0n) is 13.2. The van der Waals surface area contributed by atoms with Gasteiger partial charge in [-0.3, -0.25) is 14.3 Å². The van der Waals surface area contributed by atoms with Gasteiger partial charge < -0.3 is 15.2 Å². The number of hydrogen-bond donors (Lipinski definition) is 2. The summed E-state index contributed by atoms with van der Waals surface area (Å²) in [6.07, 6.45) is 3.91. The number of ether oxygens (including phenoxy) is 1. The van der Waals surface area contributed by atoms with Gasteiger partial charge in [-0.15, -0.1) is 0 Å². The molecular weight excluding hydrogens is 312 g/mol. The summed E-state index contributed by atoms with van der Waals surface area (Å²) in [5, 5.41) is 15.3. The fourth-order valence-corrected chi connectivity index (χ4v) is 1.97. The number of carboxylic acids is 1. The lowest BCUT2D eigenvalue weighted by Crippen LogP contribution is -2.24. The highest BCUT2D eigenvalue weighted by molar-refractivity contribution is 5.75. The first-order valence-electron chi connectivity index (χ1n) is 7.66. The number of carbonyl (C=O) groups excluding carboxylic acids is 1. The summed E-state index contributed by atoms with van der Waals surface area (Å²) in [5.74, 6) is -0.199. The van der Waals surface area contributed by atoms with E-state index in [-0.39, 0.29) is 12.3 Å². The van der Waals surface area contributed by atoms with Crippen LogP contribution in [-0.4, -0.2) is 38.4 Å². The van der Waals surface area contributed by atoms with Crippen LogP contribution in [0.4, 0.5) is 0 Å².